The third-order valence-corrected chi connectivity index (χ3v) is 7.65. The van der Waals surface area contributed by atoms with Gasteiger partial charge >= 0.3 is 0 Å². The standard InChI is InChI=1S/C26H35BrClN3O4S/c1-18-22(28)12-8-13-23(18)31(36(6,34)35)15-9-14-24(32)30(17-20-10-7-11-21(27)16-20)19(2)25(33)29-26(3,4)5/h7-8,10-13,16,19H,9,14-15,17H2,1-6H3,(H,29,33)/t19-/m1/s1. The molecule has 0 saturated carbocycles. The number of sulfonamides is 1. The van der Waals surface area contributed by atoms with Crippen LogP contribution in [0.5, 0.6) is 0 Å². The smallest absolute Gasteiger partial charge is 0.242 e. The van der Waals surface area contributed by atoms with E-state index in [2.05, 4.69) is 21.2 Å². The van der Waals surface area contributed by atoms with E-state index in [1.54, 1.807) is 32.0 Å². The summed E-state index contributed by atoms with van der Waals surface area (Å²) in [6.07, 6.45) is 1.49. The Balaban J connectivity index is 2.23. The summed E-state index contributed by atoms with van der Waals surface area (Å²) in [5, 5.41) is 3.41. The van der Waals surface area contributed by atoms with Crippen LogP contribution in [0.15, 0.2) is 46.9 Å². The fourth-order valence-electron chi connectivity index (χ4n) is 3.74. The number of benzene rings is 2. The Kier molecular flexibility index (Phi) is 10.4. The Morgan fingerprint density at radius 3 is 2.36 bits per heavy atom. The lowest BCUT2D eigenvalue weighted by atomic mass is 10.1. The summed E-state index contributed by atoms with van der Waals surface area (Å²) >= 11 is 9.66. The molecule has 0 saturated heterocycles. The van der Waals surface area contributed by atoms with Gasteiger partial charge in [0.25, 0.3) is 0 Å². The third kappa shape index (κ3) is 8.78. The van der Waals surface area contributed by atoms with Crippen LogP contribution < -0.4 is 9.62 Å². The van der Waals surface area contributed by atoms with Crippen molar-refractivity contribution in [2.75, 3.05) is 17.1 Å². The molecule has 0 aliphatic rings. The third-order valence-electron chi connectivity index (χ3n) is 5.57. The van der Waals surface area contributed by atoms with Gasteiger partial charge in [-0.25, -0.2) is 8.42 Å². The van der Waals surface area contributed by atoms with E-state index >= 15 is 0 Å². The lowest BCUT2D eigenvalue weighted by molar-refractivity contribution is -0.141. The van der Waals surface area contributed by atoms with Gasteiger partial charge in [0, 0.05) is 34.5 Å². The zero-order chi connectivity index (χ0) is 27.3. The number of nitrogens with one attached hydrogen (secondary N) is 1. The second-order valence-electron chi connectivity index (χ2n) is 9.89. The van der Waals surface area contributed by atoms with Gasteiger partial charge in [0.2, 0.25) is 21.8 Å². The molecule has 0 aliphatic heterocycles. The Hall–Kier alpha value is -2.10. The van der Waals surface area contributed by atoms with Gasteiger partial charge in [0.05, 0.1) is 11.9 Å². The predicted octanol–water partition coefficient (Wildman–Crippen LogP) is 5.29. The van der Waals surface area contributed by atoms with Gasteiger partial charge in [-0.3, -0.25) is 13.9 Å². The zero-order valence-corrected chi connectivity index (χ0v) is 24.8. The fourth-order valence-corrected chi connectivity index (χ4v) is 5.37. The molecule has 1 N–H and O–H groups in total. The van der Waals surface area contributed by atoms with Crippen molar-refractivity contribution in [3.05, 3.63) is 63.1 Å². The normalized spacial score (nSPS) is 12.7. The van der Waals surface area contributed by atoms with Crippen molar-refractivity contribution in [3.8, 4) is 0 Å². The molecule has 36 heavy (non-hydrogen) atoms. The highest BCUT2D eigenvalue weighted by molar-refractivity contribution is 9.10. The molecule has 1 atom stereocenters. The first-order valence-electron chi connectivity index (χ1n) is 11.7. The molecule has 0 aromatic heterocycles. The van der Waals surface area contributed by atoms with E-state index in [-0.39, 0.29) is 37.7 Å². The van der Waals surface area contributed by atoms with Crippen molar-refractivity contribution >= 4 is 55.1 Å². The Bertz CT molecular complexity index is 1200. The molecule has 198 valence electrons. The van der Waals surface area contributed by atoms with Crippen LogP contribution >= 0.6 is 27.5 Å². The van der Waals surface area contributed by atoms with Crippen molar-refractivity contribution in [1.29, 1.82) is 0 Å². The first-order valence-corrected chi connectivity index (χ1v) is 14.7. The number of rotatable bonds is 10. The van der Waals surface area contributed by atoms with Crippen molar-refractivity contribution in [2.45, 2.75) is 65.6 Å². The number of hydrogen-bond acceptors (Lipinski definition) is 4. The lowest BCUT2D eigenvalue weighted by Gasteiger charge is -2.32. The molecule has 2 amide bonds. The van der Waals surface area contributed by atoms with E-state index in [9.17, 15) is 18.0 Å². The van der Waals surface area contributed by atoms with Crippen LogP contribution in [-0.4, -0.2) is 49.5 Å². The average molecular weight is 601 g/mol. The summed E-state index contributed by atoms with van der Waals surface area (Å²) in [5.41, 5.74) is 1.57. The molecule has 0 unspecified atom stereocenters. The first kappa shape index (κ1) is 30.1. The van der Waals surface area contributed by atoms with Gasteiger partial charge in [0.1, 0.15) is 6.04 Å². The maximum atomic E-state index is 13.4. The van der Waals surface area contributed by atoms with Gasteiger partial charge < -0.3 is 10.2 Å². The summed E-state index contributed by atoms with van der Waals surface area (Å²) in [7, 11) is -3.60. The number of halogens is 2. The number of nitrogens with zero attached hydrogens (tertiary/aromatic N) is 2. The van der Waals surface area contributed by atoms with Crippen LogP contribution in [0, 0.1) is 6.92 Å². The number of hydrogen-bond donors (Lipinski definition) is 1. The maximum absolute atomic E-state index is 13.4. The van der Waals surface area contributed by atoms with Gasteiger partial charge in [-0.05, 0) is 76.4 Å². The van der Waals surface area contributed by atoms with Crippen LogP contribution in [0.3, 0.4) is 0 Å². The van der Waals surface area contributed by atoms with Crippen LogP contribution in [0.2, 0.25) is 5.02 Å². The Morgan fingerprint density at radius 1 is 1.14 bits per heavy atom. The average Bonchev–Trinajstić information content (AvgIpc) is 2.75. The van der Waals surface area contributed by atoms with Crippen molar-refractivity contribution in [1.82, 2.24) is 10.2 Å². The molecule has 2 aromatic carbocycles. The molecule has 0 spiro atoms. The Labute approximate surface area is 228 Å². The number of amides is 2. The fraction of sp³-hybridized carbons (Fsp3) is 0.462. The van der Waals surface area contributed by atoms with Crippen molar-refractivity contribution in [2.24, 2.45) is 0 Å². The summed E-state index contributed by atoms with van der Waals surface area (Å²) < 4.78 is 27.2. The van der Waals surface area contributed by atoms with Crippen LogP contribution in [0.4, 0.5) is 5.69 Å². The highest BCUT2D eigenvalue weighted by atomic mass is 79.9. The molecule has 0 fully saturated rings. The molecule has 0 aliphatic carbocycles. The van der Waals surface area contributed by atoms with E-state index in [1.807, 2.05) is 45.0 Å². The molecular formula is C26H35BrClN3O4S. The van der Waals surface area contributed by atoms with E-state index in [4.69, 9.17) is 11.6 Å². The van der Waals surface area contributed by atoms with Gasteiger partial charge in [-0.15, -0.1) is 0 Å². The first-order chi connectivity index (χ1) is 16.6. The molecule has 7 nitrogen and oxygen atoms in total. The summed E-state index contributed by atoms with van der Waals surface area (Å²) in [5.74, 6) is -0.485. The predicted molar refractivity (Wildman–Crippen MR) is 150 cm³/mol. The second kappa shape index (κ2) is 12.4. The minimum Gasteiger partial charge on any atom is -0.350 e. The van der Waals surface area contributed by atoms with Crippen LogP contribution in [0.1, 0.15) is 51.7 Å². The molecule has 10 heteroatoms. The topological polar surface area (TPSA) is 86.8 Å². The van der Waals surface area contributed by atoms with Gasteiger partial charge in [0.15, 0.2) is 0 Å². The largest absolute Gasteiger partial charge is 0.350 e. The zero-order valence-electron chi connectivity index (χ0n) is 21.6. The highest BCUT2D eigenvalue weighted by Crippen LogP contribution is 2.28. The van der Waals surface area contributed by atoms with Crippen LogP contribution in [-0.2, 0) is 26.2 Å². The molecule has 0 heterocycles. The highest BCUT2D eigenvalue weighted by Gasteiger charge is 2.29. The monoisotopic (exact) mass is 599 g/mol. The summed E-state index contributed by atoms with van der Waals surface area (Å²) in [6, 6.07) is 12.0. The quantitative estimate of drug-likeness (QED) is 0.402. The molecule has 0 bridgehead atoms. The number of carbonyl (C=O) groups is 2. The van der Waals surface area contributed by atoms with Crippen LogP contribution in [0.25, 0.3) is 0 Å². The van der Waals surface area contributed by atoms with E-state index < -0.39 is 21.6 Å². The lowest BCUT2D eigenvalue weighted by Crippen LogP contribution is -2.52. The molecular weight excluding hydrogens is 566 g/mol. The van der Waals surface area contributed by atoms with Crippen molar-refractivity contribution < 1.29 is 18.0 Å². The number of carbonyl (C=O) groups excluding carboxylic acids is 2. The number of anilines is 1. The van der Waals surface area contributed by atoms with E-state index in [0.29, 0.717) is 16.3 Å². The minimum absolute atomic E-state index is 0.0762. The van der Waals surface area contributed by atoms with E-state index in [1.165, 1.54) is 9.21 Å². The Morgan fingerprint density at radius 2 is 1.78 bits per heavy atom. The van der Waals surface area contributed by atoms with E-state index in [0.717, 1.165) is 16.3 Å². The maximum Gasteiger partial charge on any atom is 0.242 e. The molecule has 2 rings (SSSR count). The SMILES string of the molecule is Cc1c(Cl)cccc1N(CCCC(=O)N(Cc1cccc(Br)c1)[C@H](C)C(=O)NC(C)(C)C)S(C)(=O)=O. The second-order valence-corrected chi connectivity index (χ2v) is 13.1. The summed E-state index contributed by atoms with van der Waals surface area (Å²) in [4.78, 5) is 27.8. The van der Waals surface area contributed by atoms with Crippen molar-refractivity contribution in [3.63, 3.8) is 0 Å². The molecule has 0 radical (unpaired) electrons. The molecule has 2 aromatic rings. The summed E-state index contributed by atoms with van der Waals surface area (Å²) in [6.45, 7) is 9.48. The minimum atomic E-state index is -3.60. The van der Waals surface area contributed by atoms with Gasteiger partial charge in [-0.1, -0.05) is 45.7 Å². The van der Waals surface area contributed by atoms with Gasteiger partial charge in [-0.2, -0.15) is 0 Å².